The Morgan fingerprint density at radius 3 is 1.66 bits per heavy atom. The summed E-state index contributed by atoms with van der Waals surface area (Å²) in [5.74, 6) is 2.78. The van der Waals surface area contributed by atoms with E-state index in [1.807, 2.05) is 108 Å². The van der Waals surface area contributed by atoms with Crippen LogP contribution >= 0.6 is 0 Å². The molecule has 7 nitrogen and oxygen atoms in total. The van der Waals surface area contributed by atoms with Crippen LogP contribution in [0.5, 0.6) is 23.0 Å². The molecule has 4 heterocycles. The van der Waals surface area contributed by atoms with E-state index in [1.165, 1.54) is 5.56 Å². The van der Waals surface area contributed by atoms with Crippen LogP contribution in [0, 0.1) is 24.3 Å². The van der Waals surface area contributed by atoms with Gasteiger partial charge in [0.05, 0.1) is 0 Å². The first-order valence-corrected chi connectivity index (χ1v) is 15.8. The number of hydrogen-bond donors (Lipinski definition) is 0. The number of nitrogens with zero attached hydrogens (tertiary/aromatic N) is 5. The van der Waals surface area contributed by atoms with Crippen molar-refractivity contribution in [3.8, 4) is 51.5 Å². The molecule has 0 aliphatic heterocycles. The second-order valence-electron chi connectivity index (χ2n) is 11.5. The SMILES string of the molecule is [Pd+2].[Pt+2].[c-]1c(Oc2[c-]c3c(cc2)c2ccc(Oc4[c-]c(-c5ccccn5)ccc4)[c-]c2n3-c2ncc3c(n2)CCC3)cccc1-c1ccccn1. The van der Waals surface area contributed by atoms with E-state index in [2.05, 4.69) is 34.2 Å². The molecule has 0 fully saturated rings. The molecule has 4 aromatic heterocycles. The van der Waals surface area contributed by atoms with Gasteiger partial charge in [0, 0.05) is 47.3 Å². The number of aromatic nitrogens is 5. The van der Waals surface area contributed by atoms with Gasteiger partial charge in [-0.05, 0) is 48.3 Å². The van der Waals surface area contributed by atoms with Crippen molar-refractivity contribution in [1.29, 1.82) is 0 Å². The minimum Gasteiger partial charge on any atom is -0.503 e. The Morgan fingerprint density at radius 1 is 0.560 bits per heavy atom. The third kappa shape index (κ3) is 6.51. The van der Waals surface area contributed by atoms with Crippen molar-refractivity contribution in [2.45, 2.75) is 19.3 Å². The molecule has 0 bridgehead atoms. The molecule has 4 aromatic carbocycles. The van der Waals surface area contributed by atoms with E-state index in [-0.39, 0.29) is 41.5 Å². The second-order valence-corrected chi connectivity index (χ2v) is 11.5. The Labute approximate surface area is 317 Å². The van der Waals surface area contributed by atoms with E-state index >= 15 is 0 Å². The van der Waals surface area contributed by atoms with E-state index in [0.717, 1.165) is 69.3 Å². The minimum atomic E-state index is 0. The summed E-state index contributed by atoms with van der Waals surface area (Å²) in [6.45, 7) is 0. The van der Waals surface area contributed by atoms with Crippen LogP contribution < -0.4 is 9.47 Å². The number of fused-ring (bicyclic) bond motifs is 4. The van der Waals surface area contributed by atoms with Crippen LogP contribution in [0.15, 0.2) is 116 Å². The van der Waals surface area contributed by atoms with Gasteiger partial charge < -0.3 is 24.0 Å². The van der Waals surface area contributed by atoms with Gasteiger partial charge >= 0.3 is 41.5 Å². The van der Waals surface area contributed by atoms with E-state index in [9.17, 15) is 0 Å². The van der Waals surface area contributed by atoms with Crippen molar-refractivity contribution in [3.05, 3.63) is 151 Å². The summed E-state index contributed by atoms with van der Waals surface area (Å²) in [4.78, 5) is 18.7. The number of hydrogen-bond acceptors (Lipinski definition) is 6. The molecule has 0 saturated heterocycles. The van der Waals surface area contributed by atoms with Gasteiger partial charge in [-0.3, -0.25) is 0 Å². The molecular weight excluding hydrogens is 896 g/mol. The fraction of sp³-hybridized carbons (Fsp3) is 0.0732. The van der Waals surface area contributed by atoms with Crippen LogP contribution in [-0.2, 0) is 54.3 Å². The van der Waals surface area contributed by atoms with Crippen LogP contribution in [0.4, 0.5) is 0 Å². The van der Waals surface area contributed by atoms with Crippen molar-refractivity contribution in [1.82, 2.24) is 24.5 Å². The standard InChI is InChI=1S/C41H25N5O2.Pd.Pt/c1-3-20-42-36(13-1)27-8-5-11-30(22-27)47-32-16-18-34-35-19-17-33(48-31-12-6-9-28(23-31)37-14-2-4-21-43-37)25-40(35)46(39(34)24-32)41-44-26-29-10-7-15-38(29)45-41;;/h1-6,8-9,11-14,16-21,26H,7,10,15H2;;/q-4;2*+2. The Bertz CT molecular complexity index is 2310. The maximum Gasteiger partial charge on any atom is 2.00 e. The molecule has 0 spiro atoms. The van der Waals surface area contributed by atoms with Gasteiger partial charge in [0.2, 0.25) is 5.95 Å². The zero-order valence-corrected chi connectivity index (χ0v) is 30.1. The third-order valence-electron chi connectivity index (χ3n) is 8.39. The number of pyridine rings is 2. The summed E-state index contributed by atoms with van der Waals surface area (Å²) in [5.41, 5.74) is 7.18. The van der Waals surface area contributed by atoms with Crippen molar-refractivity contribution in [2.24, 2.45) is 0 Å². The van der Waals surface area contributed by atoms with Gasteiger partial charge in [0.1, 0.15) is 0 Å². The summed E-state index contributed by atoms with van der Waals surface area (Å²) in [5, 5.41) is 1.94. The molecule has 0 atom stereocenters. The molecule has 8 aromatic rings. The van der Waals surface area contributed by atoms with E-state index in [4.69, 9.17) is 19.4 Å². The molecule has 0 N–H and O–H groups in total. The molecule has 0 radical (unpaired) electrons. The largest absolute Gasteiger partial charge is 2.00 e. The van der Waals surface area contributed by atoms with Crippen LogP contribution in [0.2, 0.25) is 0 Å². The average molecular weight is 921 g/mol. The van der Waals surface area contributed by atoms with Gasteiger partial charge in [-0.1, -0.05) is 47.4 Å². The van der Waals surface area contributed by atoms with Gasteiger partial charge in [0.25, 0.3) is 0 Å². The summed E-state index contributed by atoms with van der Waals surface area (Å²) in [6, 6.07) is 44.7. The van der Waals surface area contributed by atoms with Gasteiger partial charge in [-0.25, -0.2) is 9.97 Å². The Kier molecular flexibility index (Phi) is 9.70. The zero-order chi connectivity index (χ0) is 31.9. The van der Waals surface area contributed by atoms with Gasteiger partial charge in [0.15, 0.2) is 0 Å². The number of benzene rings is 4. The number of rotatable bonds is 7. The predicted molar refractivity (Wildman–Crippen MR) is 183 cm³/mol. The van der Waals surface area contributed by atoms with Crippen LogP contribution in [-0.4, -0.2) is 24.5 Å². The molecular formula is C41H25N5O2PdPt. The van der Waals surface area contributed by atoms with Crippen molar-refractivity contribution >= 4 is 21.8 Å². The summed E-state index contributed by atoms with van der Waals surface area (Å²) >= 11 is 0. The topological polar surface area (TPSA) is 75.0 Å². The monoisotopic (exact) mass is 920 g/mol. The van der Waals surface area contributed by atoms with Crippen LogP contribution in [0.3, 0.4) is 0 Å². The van der Waals surface area contributed by atoms with Crippen LogP contribution in [0.1, 0.15) is 17.7 Å². The summed E-state index contributed by atoms with van der Waals surface area (Å²) in [7, 11) is 0. The van der Waals surface area contributed by atoms with E-state index in [1.54, 1.807) is 12.4 Å². The zero-order valence-electron chi connectivity index (χ0n) is 26.3. The second kappa shape index (κ2) is 14.5. The van der Waals surface area contributed by atoms with Crippen molar-refractivity contribution in [2.75, 3.05) is 0 Å². The Hall–Kier alpha value is -4.99. The molecule has 9 rings (SSSR count). The molecule has 0 unspecified atom stereocenters. The maximum atomic E-state index is 6.32. The third-order valence-corrected chi connectivity index (χ3v) is 8.39. The average Bonchev–Trinajstić information content (AvgIpc) is 3.74. The van der Waals surface area contributed by atoms with E-state index < -0.39 is 0 Å². The predicted octanol–water partition coefficient (Wildman–Crippen LogP) is 8.97. The molecule has 246 valence electrons. The first-order valence-electron chi connectivity index (χ1n) is 15.8. The number of aryl methyl sites for hydroxylation is 2. The van der Waals surface area contributed by atoms with Crippen LogP contribution in [0.25, 0.3) is 50.3 Å². The molecule has 50 heavy (non-hydrogen) atoms. The first kappa shape index (κ1) is 33.5. The first-order chi connectivity index (χ1) is 23.7. The normalized spacial score (nSPS) is 11.8. The van der Waals surface area contributed by atoms with Gasteiger partial charge in [-0.2, -0.15) is 22.9 Å². The fourth-order valence-electron chi connectivity index (χ4n) is 6.15. The summed E-state index contributed by atoms with van der Waals surface area (Å²) < 4.78 is 14.6. The summed E-state index contributed by atoms with van der Waals surface area (Å²) in [6.07, 6.45) is 8.49. The fourth-order valence-corrected chi connectivity index (χ4v) is 6.15. The Morgan fingerprint density at radius 2 is 1.12 bits per heavy atom. The van der Waals surface area contributed by atoms with E-state index in [0.29, 0.717) is 28.9 Å². The maximum absolute atomic E-state index is 6.32. The number of ether oxygens (including phenoxy) is 2. The molecule has 0 saturated carbocycles. The minimum absolute atomic E-state index is 0. The van der Waals surface area contributed by atoms with Crippen molar-refractivity contribution in [3.63, 3.8) is 0 Å². The molecule has 0 amide bonds. The Balaban J connectivity index is 0.00000196. The molecule has 1 aliphatic rings. The van der Waals surface area contributed by atoms with Crippen molar-refractivity contribution < 1.29 is 51.0 Å². The molecule has 1 aliphatic carbocycles. The molecule has 9 heteroatoms. The smallest absolute Gasteiger partial charge is 0.503 e. The quantitative estimate of drug-likeness (QED) is 0.118. The van der Waals surface area contributed by atoms with Gasteiger partial charge in [-0.15, -0.1) is 71.8 Å².